The first-order chi connectivity index (χ1) is 20.7. The van der Waals surface area contributed by atoms with Crippen molar-refractivity contribution in [3.8, 4) is 11.5 Å². The van der Waals surface area contributed by atoms with Crippen molar-refractivity contribution in [1.29, 1.82) is 0 Å². The van der Waals surface area contributed by atoms with Crippen LogP contribution in [-0.2, 0) is 26.2 Å². The van der Waals surface area contributed by atoms with E-state index < -0.39 is 28.5 Å². The predicted molar refractivity (Wildman–Crippen MR) is 174 cm³/mol. The van der Waals surface area contributed by atoms with Gasteiger partial charge in [0, 0.05) is 34.3 Å². The number of ether oxygens (including phenoxy) is 2. The third kappa shape index (κ3) is 8.16. The molecule has 3 rings (SSSR count). The molecule has 0 bridgehead atoms. The number of hydrogen-bond acceptors (Lipinski definition) is 6. The average Bonchev–Trinajstić information content (AvgIpc) is 2.95. The molecule has 0 aliphatic rings. The van der Waals surface area contributed by atoms with Gasteiger partial charge in [-0.1, -0.05) is 42.3 Å². The summed E-state index contributed by atoms with van der Waals surface area (Å²) in [6.45, 7) is 8.38. The number of halogens is 2. The number of hydrogen-bond donors (Lipinski definition) is 1. The SMILES string of the molecule is CC[C@@H](C(=O)NC(C)C)N(Cc1c(Cl)cccc1Cl)C(=O)CN(c1cc(C)cc(C)c1)S(=O)(=O)c1ccc(OC)c(OC)c1. The summed E-state index contributed by atoms with van der Waals surface area (Å²) in [5.74, 6) is -0.424. The van der Waals surface area contributed by atoms with Crippen molar-refractivity contribution in [3.05, 3.63) is 81.3 Å². The molecule has 3 aromatic carbocycles. The number of nitrogens with zero attached hydrogens (tertiary/aromatic N) is 2. The van der Waals surface area contributed by atoms with Crippen LogP contribution in [0.25, 0.3) is 0 Å². The van der Waals surface area contributed by atoms with Crippen LogP contribution in [0.3, 0.4) is 0 Å². The molecule has 0 saturated heterocycles. The highest BCUT2D eigenvalue weighted by Gasteiger charge is 2.35. The van der Waals surface area contributed by atoms with Crippen molar-refractivity contribution in [3.63, 3.8) is 0 Å². The minimum absolute atomic E-state index is 0.104. The number of amides is 2. The first kappa shape index (κ1) is 35.0. The molecule has 1 atom stereocenters. The average molecular weight is 665 g/mol. The van der Waals surface area contributed by atoms with Crippen LogP contribution in [0.4, 0.5) is 5.69 Å². The Kier molecular flexibility index (Phi) is 11.9. The molecule has 0 aromatic heterocycles. The molecule has 12 heteroatoms. The smallest absolute Gasteiger partial charge is 0.264 e. The van der Waals surface area contributed by atoms with Gasteiger partial charge >= 0.3 is 0 Å². The van der Waals surface area contributed by atoms with Gasteiger partial charge in [0.15, 0.2) is 11.5 Å². The van der Waals surface area contributed by atoms with E-state index in [-0.39, 0.29) is 35.6 Å². The normalized spacial score (nSPS) is 12.0. The van der Waals surface area contributed by atoms with E-state index in [0.29, 0.717) is 27.0 Å². The summed E-state index contributed by atoms with van der Waals surface area (Å²) in [6.07, 6.45) is 0.262. The van der Waals surface area contributed by atoms with Gasteiger partial charge < -0.3 is 19.7 Å². The summed E-state index contributed by atoms with van der Waals surface area (Å²) in [5, 5.41) is 3.50. The van der Waals surface area contributed by atoms with E-state index in [1.807, 2.05) is 33.8 Å². The van der Waals surface area contributed by atoms with Crippen molar-refractivity contribution in [2.75, 3.05) is 25.1 Å². The van der Waals surface area contributed by atoms with Gasteiger partial charge in [0.2, 0.25) is 11.8 Å². The van der Waals surface area contributed by atoms with E-state index in [2.05, 4.69) is 5.32 Å². The number of carbonyl (C=O) groups is 2. The molecule has 2 amide bonds. The van der Waals surface area contributed by atoms with Crippen LogP contribution in [0.5, 0.6) is 11.5 Å². The molecular formula is C32H39Cl2N3O6S. The maximum absolute atomic E-state index is 14.3. The van der Waals surface area contributed by atoms with Crippen LogP contribution in [0, 0.1) is 13.8 Å². The molecule has 0 aliphatic carbocycles. The van der Waals surface area contributed by atoms with Crippen molar-refractivity contribution >= 4 is 50.7 Å². The molecule has 0 aliphatic heterocycles. The summed E-state index contributed by atoms with van der Waals surface area (Å²) in [7, 11) is -1.48. The molecule has 0 heterocycles. The number of rotatable bonds is 13. The number of nitrogens with one attached hydrogen (secondary N) is 1. The second-order valence-electron chi connectivity index (χ2n) is 10.7. The maximum atomic E-state index is 14.3. The summed E-state index contributed by atoms with van der Waals surface area (Å²) in [6, 6.07) is 13.4. The molecule has 9 nitrogen and oxygen atoms in total. The predicted octanol–water partition coefficient (Wildman–Crippen LogP) is 6.15. The van der Waals surface area contributed by atoms with Crippen molar-refractivity contribution < 1.29 is 27.5 Å². The molecule has 0 fully saturated rings. The lowest BCUT2D eigenvalue weighted by molar-refractivity contribution is -0.140. The van der Waals surface area contributed by atoms with E-state index in [0.717, 1.165) is 15.4 Å². The van der Waals surface area contributed by atoms with Gasteiger partial charge in [0.05, 0.1) is 24.8 Å². The van der Waals surface area contributed by atoms with Crippen LogP contribution in [-0.4, -0.2) is 58.0 Å². The minimum Gasteiger partial charge on any atom is -0.493 e. The highest BCUT2D eigenvalue weighted by Crippen LogP contribution is 2.33. The number of aryl methyl sites for hydroxylation is 2. The zero-order valence-corrected chi connectivity index (χ0v) is 28.3. The largest absolute Gasteiger partial charge is 0.493 e. The van der Waals surface area contributed by atoms with E-state index in [9.17, 15) is 18.0 Å². The lowest BCUT2D eigenvalue weighted by Crippen LogP contribution is -2.53. The first-order valence-corrected chi connectivity index (χ1v) is 16.3. The second kappa shape index (κ2) is 15.0. The molecule has 0 unspecified atom stereocenters. The lowest BCUT2D eigenvalue weighted by Gasteiger charge is -2.34. The topological polar surface area (TPSA) is 105 Å². The Hall–Kier alpha value is -3.47. The number of carbonyl (C=O) groups excluding carboxylic acids is 2. The van der Waals surface area contributed by atoms with E-state index in [4.69, 9.17) is 32.7 Å². The van der Waals surface area contributed by atoms with E-state index in [1.165, 1.54) is 37.3 Å². The highest BCUT2D eigenvalue weighted by atomic mass is 35.5. The van der Waals surface area contributed by atoms with E-state index >= 15 is 0 Å². The number of methoxy groups -OCH3 is 2. The highest BCUT2D eigenvalue weighted by molar-refractivity contribution is 7.92. The third-order valence-corrected chi connectivity index (χ3v) is 9.40. The zero-order chi connectivity index (χ0) is 32.8. The van der Waals surface area contributed by atoms with Gasteiger partial charge in [-0.3, -0.25) is 13.9 Å². The van der Waals surface area contributed by atoms with Gasteiger partial charge in [-0.25, -0.2) is 8.42 Å². The monoisotopic (exact) mass is 663 g/mol. The molecule has 238 valence electrons. The number of sulfonamides is 1. The fourth-order valence-electron chi connectivity index (χ4n) is 4.88. The van der Waals surface area contributed by atoms with Crippen molar-refractivity contribution in [2.45, 2.75) is 64.6 Å². The summed E-state index contributed by atoms with van der Waals surface area (Å²) in [5.41, 5.74) is 2.35. The molecule has 1 N–H and O–H groups in total. The van der Waals surface area contributed by atoms with Crippen LogP contribution in [0.1, 0.15) is 43.9 Å². The summed E-state index contributed by atoms with van der Waals surface area (Å²) in [4.78, 5) is 28.9. The van der Waals surface area contributed by atoms with Crippen molar-refractivity contribution in [1.82, 2.24) is 10.2 Å². The molecule has 44 heavy (non-hydrogen) atoms. The maximum Gasteiger partial charge on any atom is 0.264 e. The Labute approximate surface area is 270 Å². The lowest BCUT2D eigenvalue weighted by atomic mass is 10.1. The van der Waals surface area contributed by atoms with Gasteiger partial charge in [0.25, 0.3) is 10.0 Å². The van der Waals surface area contributed by atoms with Crippen LogP contribution < -0.4 is 19.1 Å². The molecule has 0 spiro atoms. The Morgan fingerprint density at radius 2 is 1.50 bits per heavy atom. The Balaban J connectivity index is 2.18. The molecule has 0 saturated carbocycles. The first-order valence-electron chi connectivity index (χ1n) is 14.1. The molecule has 3 aromatic rings. The van der Waals surface area contributed by atoms with Crippen LogP contribution >= 0.6 is 23.2 Å². The minimum atomic E-state index is -4.34. The number of benzene rings is 3. The second-order valence-corrected chi connectivity index (χ2v) is 13.4. The van der Waals surface area contributed by atoms with Crippen molar-refractivity contribution in [2.24, 2.45) is 0 Å². The van der Waals surface area contributed by atoms with Gasteiger partial charge in [-0.05, 0) is 81.6 Å². The fourth-order valence-corrected chi connectivity index (χ4v) is 6.81. The summed E-state index contributed by atoms with van der Waals surface area (Å²) >= 11 is 13.0. The van der Waals surface area contributed by atoms with Crippen LogP contribution in [0.2, 0.25) is 10.0 Å². The fraction of sp³-hybridized carbons (Fsp3) is 0.375. The van der Waals surface area contributed by atoms with E-state index in [1.54, 1.807) is 37.3 Å². The van der Waals surface area contributed by atoms with Gasteiger partial charge in [-0.15, -0.1) is 0 Å². The van der Waals surface area contributed by atoms with Crippen LogP contribution in [0.15, 0.2) is 59.5 Å². The molecule has 0 radical (unpaired) electrons. The quantitative estimate of drug-likeness (QED) is 0.235. The Bertz CT molecular complexity index is 1570. The summed E-state index contributed by atoms with van der Waals surface area (Å²) < 4.78 is 40.3. The molecular weight excluding hydrogens is 625 g/mol. The standard InChI is InChI=1S/C32H39Cl2N3O6S/c1-8-28(32(39)35-20(2)3)36(18-25-26(33)10-9-11-27(25)34)31(38)19-37(23-15-21(4)14-22(5)16-23)44(40,41)24-12-13-29(42-6)30(17-24)43-7/h9-17,20,28H,8,18-19H2,1-7H3,(H,35,39)/t28-/m0/s1. The van der Waals surface area contributed by atoms with Gasteiger partial charge in [0.1, 0.15) is 12.6 Å². The Morgan fingerprint density at radius 1 is 0.909 bits per heavy atom. The third-order valence-electron chi connectivity index (χ3n) is 6.92. The van der Waals surface area contributed by atoms with Gasteiger partial charge in [-0.2, -0.15) is 0 Å². The zero-order valence-electron chi connectivity index (χ0n) is 26.0. The Morgan fingerprint density at radius 3 is 2.02 bits per heavy atom. The number of anilines is 1.